The maximum Gasteiger partial charge on any atom is 0.341 e. The molecule has 22 heavy (non-hydrogen) atoms. The van der Waals surface area contributed by atoms with Crippen LogP contribution in [0.3, 0.4) is 0 Å². The normalized spacial score (nSPS) is 10.4. The lowest BCUT2D eigenvalue weighted by Crippen LogP contribution is -2.06. The number of carbonyl (C=O) groups is 1. The maximum absolute atomic E-state index is 12.2. The van der Waals surface area contributed by atoms with Crippen LogP contribution in [0.1, 0.15) is 15.9 Å². The predicted molar refractivity (Wildman–Crippen MR) is 89.7 cm³/mol. The first-order valence-electron chi connectivity index (χ1n) is 6.90. The van der Waals surface area contributed by atoms with Gasteiger partial charge in [0, 0.05) is 4.88 Å². The molecule has 2 N–H and O–H groups in total. The molecule has 0 aliphatic carbocycles. The molecule has 4 heteroatoms. The Morgan fingerprint density at radius 1 is 1.00 bits per heavy atom. The van der Waals surface area contributed by atoms with E-state index in [9.17, 15) is 4.79 Å². The topological polar surface area (TPSA) is 52.3 Å². The number of esters is 1. The van der Waals surface area contributed by atoms with Gasteiger partial charge in [0.15, 0.2) is 0 Å². The fraction of sp³-hybridized carbons (Fsp3) is 0.0556. The molecule has 0 saturated carbocycles. The van der Waals surface area contributed by atoms with E-state index in [1.807, 2.05) is 60.7 Å². The summed E-state index contributed by atoms with van der Waals surface area (Å²) < 4.78 is 5.33. The lowest BCUT2D eigenvalue weighted by molar-refractivity contribution is 0.0474. The molecule has 1 heterocycles. The summed E-state index contributed by atoms with van der Waals surface area (Å²) in [6.07, 6.45) is 0. The van der Waals surface area contributed by atoms with Crippen LogP contribution in [0.2, 0.25) is 0 Å². The van der Waals surface area contributed by atoms with Gasteiger partial charge in [0.2, 0.25) is 0 Å². The molecule has 0 atom stereocenters. The van der Waals surface area contributed by atoms with Gasteiger partial charge in [-0.05, 0) is 17.2 Å². The summed E-state index contributed by atoms with van der Waals surface area (Å²) in [6, 6.07) is 21.2. The van der Waals surface area contributed by atoms with Crippen LogP contribution in [0.15, 0.2) is 66.7 Å². The van der Waals surface area contributed by atoms with E-state index in [1.165, 1.54) is 11.3 Å². The van der Waals surface area contributed by atoms with Crippen molar-refractivity contribution in [2.45, 2.75) is 6.61 Å². The third-order valence-corrected chi connectivity index (χ3v) is 4.27. The highest BCUT2D eigenvalue weighted by molar-refractivity contribution is 7.19. The van der Waals surface area contributed by atoms with Crippen LogP contribution in [0.4, 0.5) is 5.00 Å². The average molecular weight is 309 g/mol. The molecule has 0 radical (unpaired) electrons. The van der Waals surface area contributed by atoms with Crippen LogP contribution < -0.4 is 5.73 Å². The molecule has 0 bridgehead atoms. The van der Waals surface area contributed by atoms with E-state index in [-0.39, 0.29) is 12.6 Å². The number of ether oxygens (including phenoxy) is 1. The van der Waals surface area contributed by atoms with Gasteiger partial charge in [0.25, 0.3) is 0 Å². The van der Waals surface area contributed by atoms with E-state index in [0.29, 0.717) is 10.6 Å². The van der Waals surface area contributed by atoms with Gasteiger partial charge in [-0.3, -0.25) is 0 Å². The Labute approximate surface area is 133 Å². The summed E-state index contributed by atoms with van der Waals surface area (Å²) in [7, 11) is 0. The smallest absolute Gasteiger partial charge is 0.341 e. The van der Waals surface area contributed by atoms with Crippen LogP contribution in [0.5, 0.6) is 0 Å². The molecule has 0 unspecified atom stereocenters. The lowest BCUT2D eigenvalue weighted by atomic mass is 10.1. The van der Waals surface area contributed by atoms with Gasteiger partial charge in [-0.25, -0.2) is 4.79 Å². The number of carbonyl (C=O) groups excluding carboxylic acids is 1. The van der Waals surface area contributed by atoms with Crippen molar-refractivity contribution in [3.63, 3.8) is 0 Å². The highest BCUT2D eigenvalue weighted by Gasteiger charge is 2.16. The van der Waals surface area contributed by atoms with Gasteiger partial charge in [0.05, 0.1) is 5.56 Å². The van der Waals surface area contributed by atoms with Crippen molar-refractivity contribution >= 4 is 22.3 Å². The minimum atomic E-state index is -0.389. The zero-order valence-electron chi connectivity index (χ0n) is 11.9. The third-order valence-electron chi connectivity index (χ3n) is 3.25. The number of hydrogen-bond donors (Lipinski definition) is 1. The fourth-order valence-electron chi connectivity index (χ4n) is 2.11. The van der Waals surface area contributed by atoms with Gasteiger partial charge in [-0.1, -0.05) is 60.7 Å². The number of hydrogen-bond acceptors (Lipinski definition) is 4. The van der Waals surface area contributed by atoms with Gasteiger partial charge >= 0.3 is 5.97 Å². The Hall–Kier alpha value is -2.59. The molecule has 0 aliphatic heterocycles. The second kappa shape index (κ2) is 6.45. The minimum absolute atomic E-state index is 0.246. The lowest BCUT2D eigenvalue weighted by Gasteiger charge is -2.04. The number of benzene rings is 2. The quantitative estimate of drug-likeness (QED) is 0.729. The molecule has 0 amide bonds. The van der Waals surface area contributed by atoms with Gasteiger partial charge in [-0.15, -0.1) is 11.3 Å². The molecule has 3 nitrogen and oxygen atoms in total. The van der Waals surface area contributed by atoms with E-state index >= 15 is 0 Å². The van der Waals surface area contributed by atoms with Crippen LogP contribution in [-0.2, 0) is 11.3 Å². The molecule has 0 spiro atoms. The molecule has 1 aromatic heterocycles. The summed E-state index contributed by atoms with van der Waals surface area (Å²) in [5.41, 5.74) is 8.39. The van der Waals surface area contributed by atoms with E-state index in [4.69, 9.17) is 10.5 Å². The Bertz CT molecular complexity index is 766. The third kappa shape index (κ3) is 3.18. The van der Waals surface area contributed by atoms with Crippen molar-refractivity contribution in [2.24, 2.45) is 0 Å². The summed E-state index contributed by atoms with van der Waals surface area (Å²) in [6.45, 7) is 0.246. The molecule has 0 fully saturated rings. The molecule has 0 aliphatic rings. The number of rotatable bonds is 4. The molecule has 3 aromatic rings. The largest absolute Gasteiger partial charge is 0.457 e. The second-order valence-electron chi connectivity index (χ2n) is 4.82. The summed E-state index contributed by atoms with van der Waals surface area (Å²) in [4.78, 5) is 13.2. The van der Waals surface area contributed by atoms with Gasteiger partial charge < -0.3 is 10.5 Å². The van der Waals surface area contributed by atoms with Crippen molar-refractivity contribution in [1.29, 1.82) is 0 Å². The number of anilines is 1. The van der Waals surface area contributed by atoms with E-state index in [2.05, 4.69) is 0 Å². The fourth-order valence-corrected chi connectivity index (χ4v) is 3.03. The van der Waals surface area contributed by atoms with Crippen molar-refractivity contribution in [1.82, 2.24) is 0 Å². The van der Waals surface area contributed by atoms with Crippen LogP contribution in [0, 0.1) is 0 Å². The molecular weight excluding hydrogens is 294 g/mol. The summed E-state index contributed by atoms with van der Waals surface area (Å²) in [5, 5.41) is 0.483. The molecule has 2 aromatic carbocycles. The Balaban J connectivity index is 1.74. The van der Waals surface area contributed by atoms with Gasteiger partial charge in [-0.2, -0.15) is 0 Å². The minimum Gasteiger partial charge on any atom is -0.457 e. The van der Waals surface area contributed by atoms with Crippen LogP contribution in [0.25, 0.3) is 10.4 Å². The standard InChI is InChI=1S/C18H15NO2S/c19-17-15(11-16(22-17)14-9-5-2-6-10-14)18(20)21-12-13-7-3-1-4-8-13/h1-11H,12,19H2. The zero-order valence-corrected chi connectivity index (χ0v) is 12.7. The van der Waals surface area contributed by atoms with Crippen LogP contribution in [-0.4, -0.2) is 5.97 Å². The number of nitrogens with two attached hydrogens (primary N) is 1. The predicted octanol–water partition coefficient (Wildman–Crippen LogP) is 4.35. The van der Waals surface area contributed by atoms with Crippen molar-refractivity contribution < 1.29 is 9.53 Å². The monoisotopic (exact) mass is 309 g/mol. The van der Waals surface area contributed by atoms with Crippen LogP contribution >= 0.6 is 11.3 Å². The average Bonchev–Trinajstić information content (AvgIpc) is 2.96. The highest BCUT2D eigenvalue weighted by Crippen LogP contribution is 2.33. The Morgan fingerprint density at radius 3 is 2.32 bits per heavy atom. The van der Waals surface area contributed by atoms with E-state index in [0.717, 1.165) is 16.0 Å². The highest BCUT2D eigenvalue weighted by atomic mass is 32.1. The first kappa shape index (κ1) is 14.4. The molecular formula is C18H15NO2S. The number of nitrogen functional groups attached to an aromatic ring is 1. The second-order valence-corrected chi connectivity index (χ2v) is 5.90. The summed E-state index contributed by atoms with van der Waals surface area (Å²) >= 11 is 1.39. The van der Waals surface area contributed by atoms with Crippen molar-refractivity contribution in [2.75, 3.05) is 5.73 Å². The first-order chi connectivity index (χ1) is 10.7. The SMILES string of the molecule is Nc1sc(-c2ccccc2)cc1C(=O)OCc1ccccc1. The first-order valence-corrected chi connectivity index (χ1v) is 7.71. The summed E-state index contributed by atoms with van der Waals surface area (Å²) in [5.74, 6) is -0.389. The Kier molecular flexibility index (Phi) is 4.21. The molecule has 0 saturated heterocycles. The number of thiophene rings is 1. The van der Waals surface area contributed by atoms with Crippen molar-refractivity contribution in [3.05, 3.63) is 77.9 Å². The molecule has 110 valence electrons. The maximum atomic E-state index is 12.2. The van der Waals surface area contributed by atoms with Crippen molar-refractivity contribution in [3.8, 4) is 10.4 Å². The Morgan fingerprint density at radius 2 is 1.64 bits per heavy atom. The zero-order chi connectivity index (χ0) is 15.4. The van der Waals surface area contributed by atoms with E-state index < -0.39 is 0 Å². The van der Waals surface area contributed by atoms with E-state index in [1.54, 1.807) is 6.07 Å². The molecule has 3 rings (SSSR count). The van der Waals surface area contributed by atoms with Gasteiger partial charge in [0.1, 0.15) is 11.6 Å².